The lowest BCUT2D eigenvalue weighted by molar-refractivity contribution is 0.188. The first kappa shape index (κ1) is 18.4. The highest BCUT2D eigenvalue weighted by Gasteiger charge is 2.16. The molecule has 1 N–H and O–H groups in total. The molecule has 0 aliphatic rings. The van der Waals surface area contributed by atoms with Gasteiger partial charge in [-0.25, -0.2) is 4.98 Å². The molecule has 6 heteroatoms. The Morgan fingerprint density at radius 3 is 2.93 bits per heavy atom. The molecule has 0 radical (unpaired) electrons. The zero-order valence-electron chi connectivity index (χ0n) is 15.3. The number of nitrogens with zero attached hydrogens (tertiary/aromatic N) is 2. The molecule has 4 aromatic rings. The first-order chi connectivity index (χ1) is 13.3. The molecule has 1 aromatic carbocycles. The minimum absolute atomic E-state index is 0.223. The van der Waals surface area contributed by atoms with E-state index in [2.05, 4.69) is 62.2 Å². The van der Waals surface area contributed by atoms with Crippen molar-refractivity contribution in [3.63, 3.8) is 0 Å². The maximum Gasteiger partial charge on any atom is 0.110 e. The average molecular weight is 398 g/mol. The molecule has 0 amide bonds. The number of ether oxygens (including phenoxy) is 1. The Kier molecular flexibility index (Phi) is 5.99. The summed E-state index contributed by atoms with van der Waals surface area (Å²) in [6.45, 7) is 2.39. The van der Waals surface area contributed by atoms with E-state index < -0.39 is 0 Å². The van der Waals surface area contributed by atoms with Crippen LogP contribution in [0.5, 0.6) is 0 Å². The van der Waals surface area contributed by atoms with Crippen LogP contribution in [-0.4, -0.2) is 23.3 Å². The van der Waals surface area contributed by atoms with E-state index in [1.165, 1.54) is 22.0 Å². The third-order valence-corrected chi connectivity index (χ3v) is 6.34. The molecule has 0 bridgehead atoms. The highest BCUT2D eigenvalue weighted by Crippen LogP contribution is 2.25. The zero-order chi connectivity index (χ0) is 18.5. The molecule has 4 nitrogen and oxygen atoms in total. The minimum Gasteiger partial charge on any atom is -0.383 e. The first-order valence-electron chi connectivity index (χ1n) is 9.04. The van der Waals surface area contributed by atoms with Crippen LogP contribution in [-0.2, 0) is 24.2 Å². The van der Waals surface area contributed by atoms with Gasteiger partial charge in [0.05, 0.1) is 12.6 Å². The van der Waals surface area contributed by atoms with Crippen LogP contribution >= 0.6 is 22.7 Å². The molecule has 0 spiro atoms. The Bertz CT molecular complexity index is 961. The Balaban J connectivity index is 1.55. The van der Waals surface area contributed by atoms with E-state index in [0.29, 0.717) is 6.61 Å². The van der Waals surface area contributed by atoms with Crippen molar-refractivity contribution >= 4 is 33.6 Å². The van der Waals surface area contributed by atoms with Gasteiger partial charge in [-0.15, -0.1) is 11.3 Å². The van der Waals surface area contributed by atoms with Gasteiger partial charge < -0.3 is 14.6 Å². The summed E-state index contributed by atoms with van der Waals surface area (Å²) in [6.07, 6.45) is 5.10. The quantitative estimate of drug-likeness (QED) is 0.437. The second kappa shape index (κ2) is 8.80. The number of methoxy groups -OCH3 is 1. The molecule has 1 atom stereocenters. The summed E-state index contributed by atoms with van der Waals surface area (Å²) >= 11 is 3.46. The third kappa shape index (κ3) is 4.30. The number of para-hydroxylation sites is 1. The van der Waals surface area contributed by atoms with Gasteiger partial charge in [0.1, 0.15) is 5.01 Å². The predicted molar refractivity (Wildman–Crippen MR) is 114 cm³/mol. The van der Waals surface area contributed by atoms with E-state index >= 15 is 0 Å². The number of benzene rings is 1. The first-order valence-corrected chi connectivity index (χ1v) is 10.9. The fourth-order valence-corrected chi connectivity index (χ4v) is 4.76. The van der Waals surface area contributed by atoms with E-state index in [1.807, 2.05) is 11.6 Å². The summed E-state index contributed by atoms with van der Waals surface area (Å²) in [5.74, 6) is 0. The minimum atomic E-state index is 0.223. The molecular formula is C21H23N3OS2. The lowest BCUT2D eigenvalue weighted by atomic mass is 10.1. The SMILES string of the molecule is COCCn1cc(CN[C@H](Cc2ccsc2)c2nccs2)c2ccccc21. The van der Waals surface area contributed by atoms with Gasteiger partial charge in [0.2, 0.25) is 0 Å². The summed E-state index contributed by atoms with van der Waals surface area (Å²) in [5.41, 5.74) is 3.93. The number of nitrogens with one attached hydrogen (secondary N) is 1. The Morgan fingerprint density at radius 2 is 2.15 bits per heavy atom. The number of fused-ring (bicyclic) bond motifs is 1. The standard InChI is InChI=1S/C21H23N3OS2/c1-25-9-8-24-14-17(18-4-2-3-5-20(18)24)13-23-19(21-22-7-11-27-21)12-16-6-10-26-15-16/h2-7,10-11,14-15,19,23H,8-9,12-13H2,1H3/t19-/m1/s1. The van der Waals surface area contributed by atoms with E-state index in [-0.39, 0.29) is 6.04 Å². The Labute approximate surface area is 167 Å². The topological polar surface area (TPSA) is 39.1 Å². The lowest BCUT2D eigenvalue weighted by Gasteiger charge is -2.16. The van der Waals surface area contributed by atoms with Crippen LogP contribution in [0.1, 0.15) is 22.2 Å². The molecule has 0 aliphatic heterocycles. The summed E-state index contributed by atoms with van der Waals surface area (Å²) in [6, 6.07) is 11.0. The highest BCUT2D eigenvalue weighted by molar-refractivity contribution is 7.09. The van der Waals surface area contributed by atoms with Gasteiger partial charge in [0.15, 0.2) is 0 Å². The molecule has 0 saturated heterocycles. The summed E-state index contributed by atoms with van der Waals surface area (Å²) in [5, 5.41) is 12.6. The maximum atomic E-state index is 5.27. The number of rotatable bonds is 9. The summed E-state index contributed by atoms with van der Waals surface area (Å²) < 4.78 is 7.55. The fraction of sp³-hybridized carbons (Fsp3) is 0.286. The van der Waals surface area contributed by atoms with E-state index in [1.54, 1.807) is 29.8 Å². The normalized spacial score (nSPS) is 12.6. The van der Waals surface area contributed by atoms with Crippen LogP contribution in [0.25, 0.3) is 10.9 Å². The molecule has 3 aromatic heterocycles. The number of aromatic nitrogens is 2. The van der Waals surface area contributed by atoms with Crippen molar-refractivity contribution in [2.45, 2.75) is 25.6 Å². The molecule has 0 saturated carbocycles. The van der Waals surface area contributed by atoms with Crippen molar-refractivity contribution in [3.05, 3.63) is 75.0 Å². The molecule has 0 fully saturated rings. The van der Waals surface area contributed by atoms with Gasteiger partial charge >= 0.3 is 0 Å². The van der Waals surface area contributed by atoms with Crippen LogP contribution in [0.4, 0.5) is 0 Å². The monoisotopic (exact) mass is 397 g/mol. The largest absolute Gasteiger partial charge is 0.383 e. The molecular weight excluding hydrogens is 374 g/mol. The van der Waals surface area contributed by atoms with Crippen molar-refractivity contribution < 1.29 is 4.74 Å². The van der Waals surface area contributed by atoms with Gasteiger partial charge in [-0.05, 0) is 40.4 Å². The smallest absolute Gasteiger partial charge is 0.110 e. The van der Waals surface area contributed by atoms with Crippen LogP contribution in [0.3, 0.4) is 0 Å². The van der Waals surface area contributed by atoms with E-state index in [9.17, 15) is 0 Å². The van der Waals surface area contributed by atoms with Crippen LogP contribution in [0.15, 0.2) is 58.9 Å². The van der Waals surface area contributed by atoms with Crippen LogP contribution in [0.2, 0.25) is 0 Å². The Morgan fingerprint density at radius 1 is 1.22 bits per heavy atom. The lowest BCUT2D eigenvalue weighted by Crippen LogP contribution is -2.22. The molecule has 0 unspecified atom stereocenters. The van der Waals surface area contributed by atoms with Gasteiger partial charge in [-0.3, -0.25) is 0 Å². The second-order valence-electron chi connectivity index (χ2n) is 6.50. The van der Waals surface area contributed by atoms with Crippen molar-refractivity contribution in [3.8, 4) is 0 Å². The number of hydrogen-bond donors (Lipinski definition) is 1. The van der Waals surface area contributed by atoms with Crippen LogP contribution < -0.4 is 5.32 Å². The number of hydrogen-bond acceptors (Lipinski definition) is 5. The van der Waals surface area contributed by atoms with Crippen molar-refractivity contribution in [2.24, 2.45) is 0 Å². The van der Waals surface area contributed by atoms with Gasteiger partial charge in [0, 0.05) is 48.9 Å². The fourth-order valence-electron chi connectivity index (χ4n) is 3.37. The van der Waals surface area contributed by atoms with Gasteiger partial charge in [-0.2, -0.15) is 11.3 Å². The average Bonchev–Trinajstić information content (AvgIpc) is 3.45. The molecule has 27 heavy (non-hydrogen) atoms. The predicted octanol–water partition coefficient (Wildman–Crippen LogP) is 4.88. The molecule has 4 rings (SSSR count). The zero-order valence-corrected chi connectivity index (χ0v) is 16.9. The molecule has 0 aliphatic carbocycles. The van der Waals surface area contributed by atoms with Crippen molar-refractivity contribution in [2.75, 3.05) is 13.7 Å². The molecule has 3 heterocycles. The summed E-state index contributed by atoms with van der Waals surface area (Å²) in [4.78, 5) is 4.56. The maximum absolute atomic E-state index is 5.27. The number of thiazole rings is 1. The van der Waals surface area contributed by atoms with E-state index in [0.717, 1.165) is 24.5 Å². The second-order valence-corrected chi connectivity index (χ2v) is 8.20. The van der Waals surface area contributed by atoms with Gasteiger partial charge in [-0.1, -0.05) is 18.2 Å². The molecule has 140 valence electrons. The number of thiophene rings is 1. The van der Waals surface area contributed by atoms with Crippen molar-refractivity contribution in [1.29, 1.82) is 0 Å². The highest BCUT2D eigenvalue weighted by atomic mass is 32.1. The Hall–Kier alpha value is -1.99. The third-order valence-electron chi connectivity index (χ3n) is 4.72. The van der Waals surface area contributed by atoms with Crippen molar-refractivity contribution in [1.82, 2.24) is 14.9 Å². The summed E-state index contributed by atoms with van der Waals surface area (Å²) in [7, 11) is 1.75. The van der Waals surface area contributed by atoms with Crippen LogP contribution in [0, 0.1) is 0 Å². The van der Waals surface area contributed by atoms with Gasteiger partial charge in [0.25, 0.3) is 0 Å². The van der Waals surface area contributed by atoms with E-state index in [4.69, 9.17) is 4.74 Å².